The summed E-state index contributed by atoms with van der Waals surface area (Å²) in [4.78, 5) is 0. The number of nitrogens with one attached hydrogen (secondary N) is 1. The van der Waals surface area contributed by atoms with Crippen molar-refractivity contribution in [2.75, 3.05) is 0 Å². The Labute approximate surface area is 130 Å². The molecule has 0 radical (unpaired) electrons. The molecule has 3 N–H and O–H groups in total. The highest BCUT2D eigenvalue weighted by Gasteiger charge is 2.49. The average molecular weight is 288 g/mol. The van der Waals surface area contributed by atoms with E-state index in [1.54, 1.807) is 0 Å². The quantitative estimate of drug-likeness (QED) is 0.352. The molecular weight excluding hydrogens is 256 g/mol. The van der Waals surface area contributed by atoms with Gasteiger partial charge in [0.2, 0.25) is 0 Å². The van der Waals surface area contributed by atoms with E-state index in [0.717, 1.165) is 0 Å². The van der Waals surface area contributed by atoms with Crippen LogP contribution in [0.2, 0.25) is 0 Å². The van der Waals surface area contributed by atoms with Crippen LogP contribution in [0.25, 0.3) is 0 Å². The van der Waals surface area contributed by atoms with E-state index in [2.05, 4.69) is 42.7 Å². The SMILES string of the molecule is CCCCCCCCCC(NN)C1(c2ccccc2)CC1. The molecule has 2 heteroatoms. The van der Waals surface area contributed by atoms with Gasteiger partial charge in [-0.25, -0.2) is 0 Å². The Morgan fingerprint density at radius 3 is 2.19 bits per heavy atom. The predicted molar refractivity (Wildman–Crippen MR) is 91.1 cm³/mol. The first kappa shape index (κ1) is 16.5. The summed E-state index contributed by atoms with van der Waals surface area (Å²) in [6.07, 6.45) is 13.3. The minimum atomic E-state index is 0.318. The largest absolute Gasteiger partial charge is 0.271 e. The van der Waals surface area contributed by atoms with Crippen LogP contribution in [0, 0.1) is 0 Å². The standard InChI is InChI=1S/C19H32N2/c1-2-3-4-5-6-7-11-14-18(21-20)19(15-16-19)17-12-9-8-10-13-17/h8-10,12-13,18,21H,2-7,11,14-16,20H2,1H3. The van der Waals surface area contributed by atoms with Gasteiger partial charge in [-0.05, 0) is 24.8 Å². The fraction of sp³-hybridized carbons (Fsp3) is 0.684. The van der Waals surface area contributed by atoms with Crippen molar-refractivity contribution in [2.45, 2.75) is 82.6 Å². The Bertz CT molecular complexity index is 384. The summed E-state index contributed by atoms with van der Waals surface area (Å²) in [6, 6.07) is 11.4. The van der Waals surface area contributed by atoms with Crippen LogP contribution < -0.4 is 11.3 Å². The summed E-state index contributed by atoms with van der Waals surface area (Å²) in [5.41, 5.74) is 4.90. The molecule has 1 aliphatic carbocycles. The lowest BCUT2D eigenvalue weighted by Crippen LogP contribution is -2.44. The van der Waals surface area contributed by atoms with Crippen molar-refractivity contribution < 1.29 is 0 Å². The fourth-order valence-electron chi connectivity index (χ4n) is 3.57. The summed E-state index contributed by atoms with van der Waals surface area (Å²) >= 11 is 0. The van der Waals surface area contributed by atoms with Crippen LogP contribution in [-0.4, -0.2) is 6.04 Å². The molecule has 0 bridgehead atoms. The van der Waals surface area contributed by atoms with Gasteiger partial charge in [-0.3, -0.25) is 11.3 Å². The van der Waals surface area contributed by atoms with Crippen molar-refractivity contribution in [1.82, 2.24) is 5.43 Å². The normalized spacial score (nSPS) is 17.6. The molecule has 0 heterocycles. The van der Waals surface area contributed by atoms with E-state index in [9.17, 15) is 0 Å². The minimum Gasteiger partial charge on any atom is -0.271 e. The Kier molecular flexibility index (Phi) is 6.72. The second-order valence-electron chi connectivity index (χ2n) is 6.65. The highest BCUT2D eigenvalue weighted by Crippen LogP contribution is 2.51. The van der Waals surface area contributed by atoms with E-state index in [1.807, 2.05) is 0 Å². The summed E-state index contributed by atoms with van der Waals surface area (Å²) in [7, 11) is 0. The molecule has 1 aliphatic rings. The fourth-order valence-corrected chi connectivity index (χ4v) is 3.57. The van der Waals surface area contributed by atoms with Crippen molar-refractivity contribution >= 4 is 0 Å². The van der Waals surface area contributed by atoms with Crippen molar-refractivity contribution in [3.8, 4) is 0 Å². The van der Waals surface area contributed by atoms with Crippen LogP contribution in [0.15, 0.2) is 30.3 Å². The predicted octanol–water partition coefficient (Wildman–Crippen LogP) is 4.69. The van der Waals surface area contributed by atoms with Crippen LogP contribution in [0.4, 0.5) is 0 Å². The van der Waals surface area contributed by atoms with Gasteiger partial charge in [-0.15, -0.1) is 0 Å². The molecule has 21 heavy (non-hydrogen) atoms. The number of unbranched alkanes of at least 4 members (excludes halogenated alkanes) is 6. The second kappa shape index (κ2) is 8.55. The molecule has 1 fully saturated rings. The van der Waals surface area contributed by atoms with Gasteiger partial charge in [0.25, 0.3) is 0 Å². The summed E-state index contributed by atoms with van der Waals surface area (Å²) in [5, 5.41) is 0. The van der Waals surface area contributed by atoms with Crippen molar-refractivity contribution in [3.05, 3.63) is 35.9 Å². The third-order valence-electron chi connectivity index (χ3n) is 5.10. The van der Waals surface area contributed by atoms with Crippen LogP contribution in [-0.2, 0) is 5.41 Å². The van der Waals surface area contributed by atoms with Crippen molar-refractivity contribution in [3.63, 3.8) is 0 Å². The number of benzene rings is 1. The van der Waals surface area contributed by atoms with Crippen molar-refractivity contribution in [1.29, 1.82) is 0 Å². The van der Waals surface area contributed by atoms with Crippen LogP contribution in [0.1, 0.15) is 76.7 Å². The van der Waals surface area contributed by atoms with Crippen LogP contribution in [0.3, 0.4) is 0 Å². The molecule has 1 atom stereocenters. The summed E-state index contributed by atoms with van der Waals surface area (Å²) < 4.78 is 0. The van der Waals surface area contributed by atoms with E-state index < -0.39 is 0 Å². The van der Waals surface area contributed by atoms with Gasteiger partial charge < -0.3 is 0 Å². The monoisotopic (exact) mass is 288 g/mol. The molecule has 0 saturated heterocycles. The lowest BCUT2D eigenvalue weighted by molar-refractivity contribution is 0.382. The molecule has 0 aromatic heterocycles. The zero-order valence-corrected chi connectivity index (χ0v) is 13.6. The number of rotatable bonds is 11. The van der Waals surface area contributed by atoms with E-state index >= 15 is 0 Å². The second-order valence-corrected chi connectivity index (χ2v) is 6.65. The first-order valence-electron chi connectivity index (χ1n) is 8.85. The van der Waals surface area contributed by atoms with E-state index in [1.165, 1.54) is 69.8 Å². The highest BCUT2D eigenvalue weighted by atomic mass is 15.2. The van der Waals surface area contributed by atoms with Gasteiger partial charge in [0.15, 0.2) is 0 Å². The third-order valence-corrected chi connectivity index (χ3v) is 5.10. The third kappa shape index (κ3) is 4.55. The number of hydrazine groups is 1. The van der Waals surface area contributed by atoms with Gasteiger partial charge in [-0.1, -0.05) is 82.2 Å². The maximum Gasteiger partial charge on any atom is 0.0307 e. The minimum absolute atomic E-state index is 0.318. The molecule has 1 unspecified atom stereocenters. The number of hydrogen-bond donors (Lipinski definition) is 2. The summed E-state index contributed by atoms with van der Waals surface area (Å²) in [5.74, 6) is 5.87. The van der Waals surface area contributed by atoms with E-state index in [4.69, 9.17) is 5.84 Å². The van der Waals surface area contributed by atoms with Gasteiger partial charge in [0.1, 0.15) is 0 Å². The van der Waals surface area contributed by atoms with Gasteiger partial charge in [0, 0.05) is 11.5 Å². The molecule has 0 aliphatic heterocycles. The first-order valence-corrected chi connectivity index (χ1v) is 8.85. The Hall–Kier alpha value is -0.860. The molecule has 1 aromatic rings. The Morgan fingerprint density at radius 1 is 1.00 bits per heavy atom. The maximum atomic E-state index is 5.87. The van der Waals surface area contributed by atoms with E-state index in [0.29, 0.717) is 11.5 Å². The Balaban J connectivity index is 1.73. The summed E-state index contributed by atoms with van der Waals surface area (Å²) in [6.45, 7) is 2.27. The molecule has 2 rings (SSSR count). The molecule has 118 valence electrons. The van der Waals surface area contributed by atoms with Crippen LogP contribution >= 0.6 is 0 Å². The number of nitrogens with two attached hydrogens (primary N) is 1. The zero-order valence-electron chi connectivity index (χ0n) is 13.6. The van der Waals surface area contributed by atoms with E-state index in [-0.39, 0.29) is 0 Å². The maximum absolute atomic E-state index is 5.87. The van der Waals surface area contributed by atoms with Gasteiger partial charge >= 0.3 is 0 Å². The topological polar surface area (TPSA) is 38.0 Å². The molecule has 0 amide bonds. The molecular formula is C19H32N2. The smallest absolute Gasteiger partial charge is 0.0307 e. The van der Waals surface area contributed by atoms with Crippen LogP contribution in [0.5, 0.6) is 0 Å². The lowest BCUT2D eigenvalue weighted by atomic mass is 9.85. The average Bonchev–Trinajstić information content (AvgIpc) is 3.33. The zero-order chi connectivity index (χ0) is 15.0. The Morgan fingerprint density at radius 2 is 1.62 bits per heavy atom. The van der Waals surface area contributed by atoms with Gasteiger partial charge in [0.05, 0.1) is 0 Å². The van der Waals surface area contributed by atoms with Gasteiger partial charge in [-0.2, -0.15) is 0 Å². The molecule has 1 aromatic carbocycles. The molecule has 2 nitrogen and oxygen atoms in total. The lowest BCUT2D eigenvalue weighted by Gasteiger charge is -2.27. The molecule has 0 spiro atoms. The number of hydrogen-bond acceptors (Lipinski definition) is 2. The van der Waals surface area contributed by atoms with Crippen molar-refractivity contribution in [2.24, 2.45) is 5.84 Å². The highest BCUT2D eigenvalue weighted by molar-refractivity contribution is 5.33. The molecule has 1 saturated carbocycles. The first-order chi connectivity index (χ1) is 10.3.